The van der Waals surface area contributed by atoms with E-state index in [4.69, 9.17) is 5.73 Å². The van der Waals surface area contributed by atoms with Crippen molar-refractivity contribution in [2.24, 2.45) is 16.6 Å². The first-order valence-corrected chi connectivity index (χ1v) is 10.2. The lowest BCUT2D eigenvalue weighted by molar-refractivity contribution is 0.182. The maximum absolute atomic E-state index is 6.14. The molecule has 0 saturated carbocycles. The topological polar surface area (TPSA) is 44.9 Å². The molecule has 6 heteroatoms. The lowest BCUT2D eigenvalue weighted by Crippen LogP contribution is -2.43. The molecule has 3 rings (SSSR count). The van der Waals surface area contributed by atoms with E-state index < -0.39 is 0 Å². The van der Waals surface area contributed by atoms with Crippen LogP contribution < -0.4 is 5.73 Å². The van der Waals surface area contributed by atoms with Crippen molar-refractivity contribution >= 4 is 29.1 Å². The van der Waals surface area contributed by atoms with E-state index in [9.17, 15) is 0 Å². The average molecular weight is 339 g/mol. The van der Waals surface area contributed by atoms with E-state index in [-0.39, 0.29) is 0 Å². The maximum atomic E-state index is 6.14. The van der Waals surface area contributed by atoms with Gasteiger partial charge in [0, 0.05) is 42.6 Å². The van der Waals surface area contributed by atoms with Gasteiger partial charge < -0.3 is 10.6 Å². The fraction of sp³-hybridized carbons (Fsp3) is 0.688. The Balaban J connectivity index is 1.39. The summed E-state index contributed by atoms with van der Waals surface area (Å²) in [7, 11) is 0. The summed E-state index contributed by atoms with van der Waals surface area (Å²) in [6.45, 7) is 6.51. The van der Waals surface area contributed by atoms with Crippen molar-refractivity contribution in [3.8, 4) is 0 Å². The van der Waals surface area contributed by atoms with Crippen LogP contribution in [0.4, 0.5) is 0 Å². The largest absolute Gasteiger partial charge is 0.370 e. The summed E-state index contributed by atoms with van der Waals surface area (Å²) in [5.41, 5.74) is 6.14. The molecule has 0 radical (unpaired) electrons. The van der Waals surface area contributed by atoms with Gasteiger partial charge in [0.25, 0.3) is 0 Å². The van der Waals surface area contributed by atoms with Gasteiger partial charge in [-0.3, -0.25) is 9.89 Å². The highest BCUT2D eigenvalue weighted by Crippen LogP contribution is 2.21. The van der Waals surface area contributed by atoms with Gasteiger partial charge in [0.1, 0.15) is 0 Å². The molecule has 2 N–H and O–H groups in total. The Morgan fingerprint density at radius 3 is 2.68 bits per heavy atom. The van der Waals surface area contributed by atoms with Crippen LogP contribution in [-0.2, 0) is 6.54 Å². The van der Waals surface area contributed by atoms with E-state index >= 15 is 0 Å². The first-order valence-electron chi connectivity index (χ1n) is 8.18. The monoisotopic (exact) mass is 338 g/mol. The van der Waals surface area contributed by atoms with Gasteiger partial charge in [0.2, 0.25) is 0 Å². The third kappa shape index (κ3) is 4.64. The number of guanidine groups is 1. The predicted molar refractivity (Wildman–Crippen MR) is 97.7 cm³/mol. The van der Waals surface area contributed by atoms with E-state index in [0.717, 1.165) is 32.1 Å². The Morgan fingerprint density at radius 1 is 1.23 bits per heavy atom. The summed E-state index contributed by atoms with van der Waals surface area (Å²) in [5.74, 6) is 3.83. The van der Waals surface area contributed by atoms with Crippen LogP contribution in [-0.4, -0.2) is 60.0 Å². The molecule has 0 aliphatic carbocycles. The summed E-state index contributed by atoms with van der Waals surface area (Å²) in [5, 5.41) is 2.17. The zero-order valence-corrected chi connectivity index (χ0v) is 14.7. The van der Waals surface area contributed by atoms with Crippen molar-refractivity contribution in [2.75, 3.05) is 44.2 Å². The van der Waals surface area contributed by atoms with Crippen LogP contribution >= 0.6 is 23.1 Å². The molecule has 0 spiro atoms. The minimum Gasteiger partial charge on any atom is -0.370 e. The molecule has 3 heterocycles. The highest BCUT2D eigenvalue weighted by molar-refractivity contribution is 7.99. The van der Waals surface area contributed by atoms with Gasteiger partial charge in [0.15, 0.2) is 5.96 Å². The van der Waals surface area contributed by atoms with Crippen LogP contribution in [0.25, 0.3) is 0 Å². The number of hydrogen-bond donors (Lipinski definition) is 1. The Kier molecular flexibility index (Phi) is 6.04. The first kappa shape index (κ1) is 16.1. The Hall–Kier alpha value is -0.720. The third-order valence-corrected chi connectivity index (χ3v) is 6.32. The molecule has 4 nitrogen and oxygen atoms in total. The van der Waals surface area contributed by atoms with Crippen LogP contribution in [0.3, 0.4) is 0 Å². The van der Waals surface area contributed by atoms with Gasteiger partial charge in [-0.15, -0.1) is 11.3 Å². The molecule has 2 saturated heterocycles. The van der Waals surface area contributed by atoms with E-state index in [0.29, 0.717) is 5.92 Å². The summed E-state index contributed by atoms with van der Waals surface area (Å²) >= 11 is 3.87. The fourth-order valence-corrected chi connectivity index (χ4v) is 4.71. The van der Waals surface area contributed by atoms with Gasteiger partial charge in [-0.25, -0.2) is 0 Å². The van der Waals surface area contributed by atoms with Crippen LogP contribution in [0.15, 0.2) is 22.5 Å². The Labute approximate surface area is 141 Å². The fourth-order valence-electron chi connectivity index (χ4n) is 3.07. The zero-order valence-electron chi connectivity index (χ0n) is 13.1. The van der Waals surface area contributed by atoms with Crippen molar-refractivity contribution in [3.63, 3.8) is 0 Å². The van der Waals surface area contributed by atoms with Crippen molar-refractivity contribution in [1.82, 2.24) is 9.80 Å². The molecule has 1 aromatic heterocycles. The second kappa shape index (κ2) is 8.22. The van der Waals surface area contributed by atoms with Crippen LogP contribution in [0.2, 0.25) is 0 Å². The molecule has 0 amide bonds. The number of piperidine rings is 1. The molecule has 2 aliphatic rings. The van der Waals surface area contributed by atoms with Gasteiger partial charge >= 0.3 is 0 Å². The van der Waals surface area contributed by atoms with E-state index in [2.05, 4.69) is 32.3 Å². The molecule has 0 bridgehead atoms. The SMILES string of the molecule is NC(=NCC1CCN(Cc2cccs2)CC1)N1CCSCC1. The number of thiophene rings is 1. The van der Waals surface area contributed by atoms with E-state index in [1.165, 1.54) is 42.3 Å². The number of rotatable bonds is 4. The number of likely N-dealkylation sites (tertiary alicyclic amines) is 1. The predicted octanol–water partition coefficient (Wildman–Crippen LogP) is 2.32. The molecule has 1 aromatic rings. The van der Waals surface area contributed by atoms with Crippen molar-refractivity contribution < 1.29 is 0 Å². The first-order chi connectivity index (χ1) is 10.8. The van der Waals surface area contributed by atoms with Gasteiger partial charge in [-0.2, -0.15) is 11.8 Å². The number of hydrogen-bond acceptors (Lipinski definition) is 4. The average Bonchev–Trinajstić information content (AvgIpc) is 3.08. The van der Waals surface area contributed by atoms with Crippen molar-refractivity contribution in [2.45, 2.75) is 19.4 Å². The molecule has 2 aliphatic heterocycles. The summed E-state index contributed by atoms with van der Waals surface area (Å²) in [6, 6.07) is 4.38. The third-order valence-electron chi connectivity index (χ3n) is 4.51. The normalized spacial score (nSPS) is 22.2. The van der Waals surface area contributed by atoms with Gasteiger partial charge in [-0.1, -0.05) is 6.07 Å². The zero-order chi connectivity index (χ0) is 15.2. The quantitative estimate of drug-likeness (QED) is 0.676. The second-order valence-electron chi connectivity index (χ2n) is 6.10. The van der Waals surface area contributed by atoms with Crippen LogP contribution in [0, 0.1) is 5.92 Å². The Bertz CT molecular complexity index is 461. The number of aliphatic imine (C=N–C) groups is 1. The second-order valence-corrected chi connectivity index (χ2v) is 8.35. The molecule has 122 valence electrons. The van der Waals surface area contributed by atoms with Gasteiger partial charge in [-0.05, 0) is 43.3 Å². The van der Waals surface area contributed by atoms with Gasteiger partial charge in [0.05, 0.1) is 0 Å². The lowest BCUT2D eigenvalue weighted by atomic mass is 9.97. The standard InChI is InChI=1S/C16H26N4S2/c17-16(20-7-10-21-11-8-20)18-12-14-3-5-19(6-4-14)13-15-2-1-9-22-15/h1-2,9,14H,3-8,10-13H2,(H2,17,18). The molecule has 22 heavy (non-hydrogen) atoms. The number of thioether (sulfide) groups is 1. The van der Waals surface area contributed by atoms with Crippen molar-refractivity contribution in [1.29, 1.82) is 0 Å². The highest BCUT2D eigenvalue weighted by Gasteiger charge is 2.20. The molecule has 0 unspecified atom stereocenters. The minimum atomic E-state index is 0.706. The number of nitrogens with two attached hydrogens (primary N) is 1. The molecular weight excluding hydrogens is 312 g/mol. The maximum Gasteiger partial charge on any atom is 0.191 e. The van der Waals surface area contributed by atoms with Crippen molar-refractivity contribution in [3.05, 3.63) is 22.4 Å². The number of nitrogens with zero attached hydrogens (tertiary/aromatic N) is 3. The van der Waals surface area contributed by atoms with E-state index in [1.54, 1.807) is 0 Å². The summed E-state index contributed by atoms with van der Waals surface area (Å²) in [4.78, 5) is 10.9. The minimum absolute atomic E-state index is 0.706. The molecule has 0 aromatic carbocycles. The van der Waals surface area contributed by atoms with E-state index in [1.807, 2.05) is 23.1 Å². The summed E-state index contributed by atoms with van der Waals surface area (Å²) < 4.78 is 0. The molecular formula is C16H26N4S2. The van der Waals surface area contributed by atoms with Crippen LogP contribution in [0.5, 0.6) is 0 Å². The summed E-state index contributed by atoms with van der Waals surface area (Å²) in [6.07, 6.45) is 2.50. The molecule has 2 fully saturated rings. The highest BCUT2D eigenvalue weighted by atomic mass is 32.2. The molecule has 0 atom stereocenters. The van der Waals surface area contributed by atoms with Crippen LogP contribution in [0.1, 0.15) is 17.7 Å². The Morgan fingerprint density at radius 2 is 2.00 bits per heavy atom. The smallest absolute Gasteiger partial charge is 0.191 e. The lowest BCUT2D eigenvalue weighted by Gasteiger charge is -2.31.